The lowest BCUT2D eigenvalue weighted by Gasteiger charge is -2.35. The van der Waals surface area contributed by atoms with Gasteiger partial charge in [0.05, 0.1) is 30.4 Å². The van der Waals surface area contributed by atoms with Crippen molar-refractivity contribution in [3.63, 3.8) is 0 Å². The van der Waals surface area contributed by atoms with Crippen molar-refractivity contribution in [1.82, 2.24) is 9.21 Å². The molecule has 0 bridgehead atoms. The van der Waals surface area contributed by atoms with Crippen LogP contribution in [0.25, 0.3) is 0 Å². The fourth-order valence-corrected chi connectivity index (χ4v) is 9.41. The van der Waals surface area contributed by atoms with E-state index in [1.54, 1.807) is 48.0 Å². The number of carbonyl (C=O) groups excluding carboxylic acids is 1. The van der Waals surface area contributed by atoms with Crippen LogP contribution >= 0.6 is 22.7 Å². The van der Waals surface area contributed by atoms with Crippen LogP contribution in [0.3, 0.4) is 0 Å². The molecule has 0 unspecified atom stereocenters. The molecule has 3 heterocycles. The van der Waals surface area contributed by atoms with Crippen molar-refractivity contribution in [2.24, 2.45) is 5.92 Å². The summed E-state index contributed by atoms with van der Waals surface area (Å²) in [5.41, 5.74) is 0.340. The van der Waals surface area contributed by atoms with Crippen LogP contribution in [0, 0.1) is 5.92 Å². The Labute approximate surface area is 273 Å². The second-order valence-corrected chi connectivity index (χ2v) is 17.3. The van der Waals surface area contributed by atoms with Gasteiger partial charge in [-0.1, -0.05) is 19.1 Å². The minimum absolute atomic E-state index is 0.0711. The summed E-state index contributed by atoms with van der Waals surface area (Å²) >= 11 is 2.22. The van der Waals surface area contributed by atoms with E-state index in [4.69, 9.17) is 9.47 Å². The first-order valence-corrected chi connectivity index (χ1v) is 19.4. The molecule has 2 aromatic heterocycles. The van der Waals surface area contributed by atoms with Crippen LogP contribution in [0.2, 0.25) is 0 Å². The number of aliphatic hydroxyl groups excluding tert-OH is 1. The van der Waals surface area contributed by atoms with E-state index in [2.05, 4.69) is 4.72 Å². The summed E-state index contributed by atoms with van der Waals surface area (Å²) in [6.07, 6.45) is 1.37. The number of rotatable bonds is 9. The number of amides is 1. The molecule has 1 aromatic carbocycles. The monoisotopic (exact) mass is 699 g/mol. The van der Waals surface area contributed by atoms with Crippen LogP contribution in [0.15, 0.2) is 61.6 Å². The molecule has 0 spiro atoms. The lowest BCUT2D eigenvalue weighted by molar-refractivity contribution is -0.00832. The summed E-state index contributed by atoms with van der Waals surface area (Å²) in [5.74, 6) is -0.491. The van der Waals surface area contributed by atoms with Crippen molar-refractivity contribution in [3.05, 3.63) is 58.8 Å². The number of sulfonamides is 2. The molecule has 1 amide bonds. The lowest BCUT2D eigenvalue weighted by atomic mass is 10.0. The van der Waals surface area contributed by atoms with E-state index in [-0.39, 0.29) is 51.4 Å². The summed E-state index contributed by atoms with van der Waals surface area (Å²) in [4.78, 5) is 15.8. The Morgan fingerprint density at radius 1 is 1.07 bits per heavy atom. The fourth-order valence-electron chi connectivity index (χ4n) is 4.99. The van der Waals surface area contributed by atoms with Crippen LogP contribution in [0.1, 0.15) is 50.4 Å². The van der Waals surface area contributed by atoms with Gasteiger partial charge in [0.1, 0.15) is 14.2 Å². The summed E-state index contributed by atoms with van der Waals surface area (Å²) in [6, 6.07) is 10.4. The van der Waals surface area contributed by atoms with E-state index in [9.17, 15) is 26.7 Å². The van der Waals surface area contributed by atoms with E-state index in [0.29, 0.717) is 18.8 Å². The molecule has 4 rings (SSSR count). The Balaban J connectivity index is 1.67. The summed E-state index contributed by atoms with van der Waals surface area (Å²) in [5, 5.41) is 13.5. The number of ether oxygens (including phenoxy) is 2. The second kappa shape index (κ2) is 15.4. The van der Waals surface area contributed by atoms with Gasteiger partial charge in [-0.3, -0.25) is 9.52 Å². The van der Waals surface area contributed by atoms with E-state index >= 15 is 0 Å². The molecule has 1 aliphatic heterocycles. The van der Waals surface area contributed by atoms with Gasteiger partial charge in [0.25, 0.3) is 26.0 Å². The highest BCUT2D eigenvalue weighted by Crippen LogP contribution is 2.30. The third kappa shape index (κ3) is 8.84. The number of likely N-dealkylation sites (N-methyl/N-ethyl adjacent to an activating group) is 1. The van der Waals surface area contributed by atoms with Crippen molar-refractivity contribution >= 4 is 54.3 Å². The van der Waals surface area contributed by atoms with E-state index in [1.165, 1.54) is 28.4 Å². The molecule has 0 saturated heterocycles. The standard InChI is InChI=1S/C30H41N3O8S4/c1-21-18-33(22(2)20-34)30(35)25-17-24(31-44(36,37)28-10-7-15-42-28)12-13-26(25)41-23(3)9-5-6-14-40-27(21)19-32(4)45(38,39)29-11-8-16-43-29/h7-8,10-13,15-17,21-23,27,31,34H,5-6,9,14,18-20H2,1-4H3/t21-,22-,23+,27-/m1/s1. The Bertz CT molecular complexity index is 1610. The van der Waals surface area contributed by atoms with Gasteiger partial charge in [-0.15, -0.1) is 22.7 Å². The topological polar surface area (TPSA) is 143 Å². The number of aliphatic hydroxyl groups is 1. The highest BCUT2D eigenvalue weighted by Gasteiger charge is 2.33. The smallest absolute Gasteiger partial charge is 0.271 e. The third-order valence-electron chi connectivity index (χ3n) is 7.66. The number of nitrogens with one attached hydrogen (secondary N) is 1. The quantitative estimate of drug-likeness (QED) is 0.327. The van der Waals surface area contributed by atoms with Gasteiger partial charge in [-0.2, -0.15) is 4.31 Å². The minimum Gasteiger partial charge on any atom is -0.490 e. The molecule has 4 atom stereocenters. The van der Waals surface area contributed by atoms with Gasteiger partial charge in [-0.25, -0.2) is 16.8 Å². The van der Waals surface area contributed by atoms with Crippen molar-refractivity contribution in [2.45, 2.75) is 66.7 Å². The molecule has 45 heavy (non-hydrogen) atoms. The van der Waals surface area contributed by atoms with Crippen LogP contribution in [0.4, 0.5) is 5.69 Å². The first-order chi connectivity index (χ1) is 21.3. The van der Waals surface area contributed by atoms with E-state index in [0.717, 1.165) is 35.5 Å². The molecule has 2 N–H and O–H groups in total. The van der Waals surface area contributed by atoms with Crippen molar-refractivity contribution in [3.8, 4) is 5.75 Å². The van der Waals surface area contributed by atoms with Crippen molar-refractivity contribution in [2.75, 3.05) is 38.1 Å². The maximum absolute atomic E-state index is 14.3. The SMILES string of the molecule is C[C@@H]1CN([C@H](C)CO)C(=O)c2cc(NS(=O)(=O)c3cccs3)ccc2O[C@@H](C)CCCCO[C@@H]1CN(C)S(=O)(=O)c1cccs1. The highest BCUT2D eigenvalue weighted by molar-refractivity contribution is 7.94. The molecular formula is C30H41N3O8S4. The minimum atomic E-state index is -3.87. The zero-order valence-corrected chi connectivity index (χ0v) is 29.1. The summed E-state index contributed by atoms with van der Waals surface area (Å²) in [6.45, 7) is 5.79. The number of benzene rings is 1. The second-order valence-electron chi connectivity index (χ2n) is 11.3. The Morgan fingerprint density at radius 3 is 2.40 bits per heavy atom. The third-order valence-corrected chi connectivity index (χ3v) is 13.6. The number of hydrogen-bond donors (Lipinski definition) is 2. The summed E-state index contributed by atoms with van der Waals surface area (Å²) in [7, 11) is -6.08. The molecule has 0 aliphatic carbocycles. The predicted molar refractivity (Wildman–Crippen MR) is 176 cm³/mol. The summed E-state index contributed by atoms with van der Waals surface area (Å²) < 4.78 is 69.0. The van der Waals surface area contributed by atoms with Crippen molar-refractivity contribution < 1.29 is 36.2 Å². The number of nitrogens with zero attached hydrogens (tertiary/aromatic N) is 2. The molecular weight excluding hydrogens is 659 g/mol. The molecule has 15 heteroatoms. The number of hydrogen-bond acceptors (Lipinski definition) is 10. The van der Waals surface area contributed by atoms with Crippen LogP contribution in [0.5, 0.6) is 5.75 Å². The number of fused-ring (bicyclic) bond motifs is 1. The first kappa shape index (κ1) is 35.3. The number of anilines is 1. The first-order valence-electron chi connectivity index (χ1n) is 14.7. The van der Waals surface area contributed by atoms with Crippen LogP contribution < -0.4 is 9.46 Å². The Morgan fingerprint density at radius 2 is 1.76 bits per heavy atom. The van der Waals surface area contributed by atoms with E-state index in [1.807, 2.05) is 13.8 Å². The Kier molecular flexibility index (Phi) is 12.1. The van der Waals surface area contributed by atoms with Gasteiger partial charge in [-0.05, 0) is 74.2 Å². The lowest BCUT2D eigenvalue weighted by Crippen LogP contribution is -2.48. The van der Waals surface area contributed by atoms with Crippen molar-refractivity contribution in [1.29, 1.82) is 0 Å². The average molecular weight is 700 g/mol. The maximum atomic E-state index is 14.3. The number of carbonyl (C=O) groups is 1. The van der Waals surface area contributed by atoms with Crippen LogP contribution in [-0.4, -0.2) is 88.7 Å². The molecule has 0 fully saturated rings. The van der Waals surface area contributed by atoms with E-state index < -0.39 is 38.1 Å². The molecule has 0 radical (unpaired) electrons. The Hall–Kier alpha value is -2.53. The predicted octanol–water partition coefficient (Wildman–Crippen LogP) is 4.73. The van der Waals surface area contributed by atoms with Gasteiger partial charge >= 0.3 is 0 Å². The van der Waals surface area contributed by atoms with Gasteiger partial charge in [0.2, 0.25) is 0 Å². The molecule has 3 aromatic rings. The fraction of sp³-hybridized carbons (Fsp3) is 0.500. The normalized spacial score (nSPS) is 21.5. The zero-order chi connectivity index (χ0) is 32.8. The van der Waals surface area contributed by atoms with Gasteiger partial charge < -0.3 is 19.5 Å². The molecule has 1 aliphatic rings. The highest BCUT2D eigenvalue weighted by atomic mass is 32.3. The van der Waals surface area contributed by atoms with Gasteiger partial charge in [0.15, 0.2) is 0 Å². The average Bonchev–Trinajstić information content (AvgIpc) is 3.74. The molecule has 0 saturated carbocycles. The number of thiophene rings is 2. The maximum Gasteiger partial charge on any atom is 0.271 e. The molecule has 248 valence electrons. The van der Waals surface area contributed by atoms with Gasteiger partial charge in [0, 0.05) is 38.3 Å². The molecule has 11 nitrogen and oxygen atoms in total. The largest absolute Gasteiger partial charge is 0.490 e. The van der Waals surface area contributed by atoms with Crippen LogP contribution in [-0.2, 0) is 24.8 Å². The zero-order valence-electron chi connectivity index (χ0n) is 25.8.